The van der Waals surface area contributed by atoms with Crippen molar-refractivity contribution in [2.24, 2.45) is 0 Å². The zero-order valence-corrected chi connectivity index (χ0v) is 4.36. The van der Waals surface area contributed by atoms with Crippen molar-refractivity contribution < 1.29 is 21.8 Å². The molecule has 1 nitrogen and oxygen atoms in total. The van der Waals surface area contributed by atoms with Crippen molar-refractivity contribution in [1.82, 2.24) is 0 Å². The first-order valence-electron chi connectivity index (χ1n) is 1.45. The van der Waals surface area contributed by atoms with Crippen LogP contribution in [0.2, 0.25) is 0 Å². The first kappa shape index (κ1) is 9.30. The van der Waals surface area contributed by atoms with E-state index in [1.165, 1.54) is 0 Å². The third kappa shape index (κ3) is 9.11. The van der Waals surface area contributed by atoms with Gasteiger partial charge in [0.2, 0.25) is 0 Å². The molecule has 0 unspecified atom stereocenters. The van der Waals surface area contributed by atoms with Crippen molar-refractivity contribution in [2.45, 2.75) is 6.92 Å². The summed E-state index contributed by atoms with van der Waals surface area (Å²) in [4.78, 5) is 0. The number of hydrogen-bond donors (Lipinski definition) is 0. The summed E-state index contributed by atoms with van der Waals surface area (Å²) in [6, 6.07) is 0. The molecule has 38 valence electrons. The predicted molar refractivity (Wildman–Crippen MR) is 18.8 cm³/mol. The molecule has 2 heteroatoms. The molecule has 6 heavy (non-hydrogen) atoms. The maximum atomic E-state index is 6.13. The molecule has 0 aromatic carbocycles. The number of ether oxygens (including phenoxy) is 1. The van der Waals surface area contributed by atoms with Gasteiger partial charge in [0.1, 0.15) is 0 Å². The molecule has 0 bridgehead atoms. The average Bonchev–Trinajstić information content (AvgIpc) is 1.41. The minimum Gasteiger partial charge on any atom is -0.648 e. The topological polar surface area (TPSA) is 9.23 Å². The second kappa shape index (κ2) is 8.86. The van der Waals surface area contributed by atoms with Crippen LogP contribution in [0.1, 0.15) is 6.92 Å². The Kier molecular flexibility index (Phi) is 13.7. The summed E-state index contributed by atoms with van der Waals surface area (Å²) in [6.45, 7) is 2.35. The molecule has 0 atom stereocenters. The van der Waals surface area contributed by atoms with Crippen LogP contribution in [0.15, 0.2) is 0 Å². The molecule has 0 aliphatic rings. The quantitative estimate of drug-likeness (QED) is 0.288. The smallest absolute Gasteiger partial charge is 0.648 e. The fourth-order valence-corrected chi connectivity index (χ4v) is 0.0722. The van der Waals surface area contributed by atoms with E-state index >= 15 is 0 Å². The van der Waals surface area contributed by atoms with Gasteiger partial charge >= 0.3 is 17.1 Å². The Hall–Kier alpha value is -0.121. The van der Waals surface area contributed by atoms with Crippen molar-refractivity contribution in [3.63, 3.8) is 0 Å². The van der Waals surface area contributed by atoms with Crippen molar-refractivity contribution in [3.8, 4) is 6.11 Å². The molecule has 0 radical (unpaired) electrons. The van der Waals surface area contributed by atoms with Crippen LogP contribution in [0.4, 0.5) is 0 Å². The Morgan fingerprint density at radius 1 is 1.83 bits per heavy atom. The molecular weight excluding hydrogens is 128 g/mol. The Balaban J connectivity index is 0. The summed E-state index contributed by atoms with van der Waals surface area (Å²) in [5.41, 5.74) is 0. The van der Waals surface area contributed by atoms with Gasteiger partial charge in [0.05, 0.1) is 6.61 Å². The van der Waals surface area contributed by atoms with Crippen LogP contribution in [0, 0.1) is 12.5 Å². The molecule has 0 fully saturated rings. The van der Waals surface area contributed by atoms with Gasteiger partial charge in [-0.15, -0.1) is 6.11 Å². The predicted octanol–water partition coefficient (Wildman–Crippen LogP) is 0.568. The molecule has 0 aromatic rings. The number of hydrogen-bond acceptors (Lipinski definition) is 1. The van der Waals surface area contributed by atoms with Gasteiger partial charge in [0.15, 0.2) is 0 Å². The zero-order chi connectivity index (χ0) is 4.12. The second-order valence-electron chi connectivity index (χ2n) is 0.535. The second-order valence-corrected chi connectivity index (χ2v) is 0.535. The van der Waals surface area contributed by atoms with Crippen LogP contribution in [-0.2, 0) is 21.8 Å². The zero-order valence-electron chi connectivity index (χ0n) is 3.42. The van der Waals surface area contributed by atoms with E-state index in [1.54, 1.807) is 6.11 Å². The Morgan fingerprint density at radius 2 is 2.33 bits per heavy atom. The van der Waals surface area contributed by atoms with E-state index in [-0.39, 0.29) is 17.1 Å². The van der Waals surface area contributed by atoms with Gasteiger partial charge in [0.25, 0.3) is 0 Å². The average molecular weight is 133 g/mol. The van der Waals surface area contributed by atoms with Gasteiger partial charge in [-0.1, -0.05) is 0 Å². The maximum absolute atomic E-state index is 6.13. The SMILES string of the molecule is [C-]#COCC.[Cu+]. The van der Waals surface area contributed by atoms with Crippen molar-refractivity contribution >= 4 is 0 Å². The van der Waals surface area contributed by atoms with Crippen molar-refractivity contribution in [3.05, 3.63) is 6.42 Å². The fourth-order valence-electron chi connectivity index (χ4n) is 0.0722. The Bertz CT molecular complexity index is 46.0. The van der Waals surface area contributed by atoms with Crippen LogP contribution in [-0.4, -0.2) is 6.61 Å². The molecule has 0 N–H and O–H groups in total. The van der Waals surface area contributed by atoms with E-state index < -0.39 is 0 Å². The molecule has 0 amide bonds. The Morgan fingerprint density at radius 3 is 2.33 bits per heavy atom. The van der Waals surface area contributed by atoms with Crippen molar-refractivity contribution in [2.75, 3.05) is 6.61 Å². The van der Waals surface area contributed by atoms with Gasteiger partial charge in [-0.05, 0) is 6.92 Å². The molecule has 0 saturated heterocycles. The molecule has 0 aromatic heterocycles. The molecule has 0 saturated carbocycles. The summed E-state index contributed by atoms with van der Waals surface area (Å²) in [7, 11) is 0. The third-order valence-electron chi connectivity index (χ3n) is 0.217. The van der Waals surface area contributed by atoms with Crippen LogP contribution in [0.25, 0.3) is 0 Å². The largest absolute Gasteiger partial charge is 1.00 e. The molecule has 0 rings (SSSR count). The van der Waals surface area contributed by atoms with Gasteiger partial charge in [-0.2, -0.15) is 0 Å². The van der Waals surface area contributed by atoms with E-state index in [0.29, 0.717) is 6.61 Å². The normalized spacial score (nSPS) is 4.67. The van der Waals surface area contributed by atoms with Crippen LogP contribution >= 0.6 is 0 Å². The first-order chi connectivity index (χ1) is 2.41. The molecule has 0 heterocycles. The molecule has 0 aliphatic heterocycles. The summed E-state index contributed by atoms with van der Waals surface area (Å²) in [5.74, 6) is 0. The number of rotatable bonds is 1. The third-order valence-corrected chi connectivity index (χ3v) is 0.217. The van der Waals surface area contributed by atoms with E-state index in [2.05, 4.69) is 4.74 Å². The van der Waals surface area contributed by atoms with E-state index in [1.807, 2.05) is 6.92 Å². The Labute approximate surface area is 48.5 Å². The van der Waals surface area contributed by atoms with E-state index in [9.17, 15) is 0 Å². The summed E-state index contributed by atoms with van der Waals surface area (Å²) >= 11 is 0. The minimum absolute atomic E-state index is 0. The van der Waals surface area contributed by atoms with E-state index in [4.69, 9.17) is 6.42 Å². The summed E-state index contributed by atoms with van der Waals surface area (Å²) in [6.07, 6.45) is 7.90. The van der Waals surface area contributed by atoms with Gasteiger partial charge < -0.3 is 11.2 Å². The summed E-state index contributed by atoms with van der Waals surface area (Å²) in [5, 5.41) is 0. The molecular formula is C4H5CuO. The molecule has 0 aliphatic carbocycles. The first-order valence-corrected chi connectivity index (χ1v) is 1.45. The monoisotopic (exact) mass is 132 g/mol. The van der Waals surface area contributed by atoms with Gasteiger partial charge in [-0.25, -0.2) is 0 Å². The van der Waals surface area contributed by atoms with Crippen molar-refractivity contribution in [1.29, 1.82) is 0 Å². The fraction of sp³-hybridized carbons (Fsp3) is 0.500. The van der Waals surface area contributed by atoms with Crippen LogP contribution in [0.5, 0.6) is 0 Å². The van der Waals surface area contributed by atoms with Crippen LogP contribution < -0.4 is 0 Å². The molecule has 0 spiro atoms. The van der Waals surface area contributed by atoms with Gasteiger partial charge in [-0.3, -0.25) is 0 Å². The van der Waals surface area contributed by atoms with Gasteiger partial charge in [0, 0.05) is 0 Å². The minimum atomic E-state index is 0. The van der Waals surface area contributed by atoms with Crippen LogP contribution in [0.3, 0.4) is 0 Å². The summed E-state index contributed by atoms with van der Waals surface area (Å²) < 4.78 is 4.25. The van der Waals surface area contributed by atoms with E-state index in [0.717, 1.165) is 0 Å². The standard InChI is InChI=1S/C4H5O.Cu/c1-3-5-4-2;/h3H2,1H3;/q-1;+1. The maximum Gasteiger partial charge on any atom is 1.00 e.